The lowest BCUT2D eigenvalue weighted by Gasteiger charge is -2.34. The third-order valence-corrected chi connectivity index (χ3v) is 5.74. The van der Waals surface area contributed by atoms with Crippen molar-refractivity contribution in [2.75, 3.05) is 49.3 Å². The summed E-state index contributed by atoms with van der Waals surface area (Å²) in [5.74, 6) is 1.71. The fourth-order valence-electron chi connectivity index (χ4n) is 4.33. The van der Waals surface area contributed by atoms with E-state index in [4.69, 9.17) is 28.4 Å². The molecule has 0 aromatic heterocycles. The number of hydrogen-bond donors (Lipinski definition) is 1. The summed E-state index contributed by atoms with van der Waals surface area (Å²) in [5.41, 5.74) is 2.68. The van der Waals surface area contributed by atoms with E-state index in [1.54, 1.807) is 12.1 Å². The molecule has 0 heterocycles. The monoisotopic (exact) mass is 444 g/mol. The van der Waals surface area contributed by atoms with Crippen LogP contribution in [0.25, 0.3) is 6.08 Å². The van der Waals surface area contributed by atoms with E-state index in [2.05, 4.69) is 0 Å². The zero-order chi connectivity index (χ0) is 23.4. The molecule has 0 bridgehead atoms. The number of benzene rings is 2. The van der Waals surface area contributed by atoms with Crippen LogP contribution in [0.5, 0.6) is 34.5 Å². The van der Waals surface area contributed by atoms with Crippen molar-refractivity contribution in [2.24, 2.45) is 5.92 Å². The topological polar surface area (TPSA) is 92.7 Å². The summed E-state index contributed by atoms with van der Waals surface area (Å²) in [4.78, 5) is 12.0. The molecular formula is C24H28O8. The number of aldehydes is 1. The Morgan fingerprint density at radius 1 is 0.781 bits per heavy atom. The molecule has 8 nitrogen and oxygen atoms in total. The molecule has 0 spiro atoms. The van der Waals surface area contributed by atoms with Gasteiger partial charge in [-0.25, -0.2) is 0 Å². The smallest absolute Gasteiger partial charge is 0.203 e. The highest BCUT2D eigenvalue weighted by molar-refractivity contribution is 5.87. The Morgan fingerprint density at radius 3 is 1.75 bits per heavy atom. The van der Waals surface area contributed by atoms with Gasteiger partial charge in [-0.2, -0.15) is 0 Å². The fraction of sp³-hybridized carbons (Fsp3) is 0.375. The normalized spacial score (nSPS) is 17.0. The Balaban J connectivity index is 2.41. The minimum Gasteiger partial charge on any atom is -0.493 e. The zero-order valence-corrected chi connectivity index (χ0v) is 19.1. The van der Waals surface area contributed by atoms with Crippen LogP contribution < -0.4 is 28.4 Å². The van der Waals surface area contributed by atoms with Crippen LogP contribution in [0.3, 0.4) is 0 Å². The Bertz CT molecular complexity index is 1000. The third-order valence-electron chi connectivity index (χ3n) is 5.74. The van der Waals surface area contributed by atoms with Gasteiger partial charge in [0.25, 0.3) is 0 Å². The van der Waals surface area contributed by atoms with Crippen LogP contribution in [-0.4, -0.2) is 60.7 Å². The van der Waals surface area contributed by atoms with Crippen molar-refractivity contribution in [3.05, 3.63) is 40.5 Å². The minimum atomic E-state index is -0.533. The summed E-state index contributed by atoms with van der Waals surface area (Å²) < 4.78 is 33.3. The maximum Gasteiger partial charge on any atom is 0.203 e. The Hall–Kier alpha value is -3.39. The summed E-state index contributed by atoms with van der Waals surface area (Å²) in [5, 5.41) is 10.3. The summed E-state index contributed by atoms with van der Waals surface area (Å²) >= 11 is 0. The molecule has 0 saturated carbocycles. The molecule has 8 heteroatoms. The predicted molar refractivity (Wildman–Crippen MR) is 119 cm³/mol. The van der Waals surface area contributed by atoms with E-state index in [-0.39, 0.29) is 6.61 Å². The van der Waals surface area contributed by atoms with Gasteiger partial charge in [-0.05, 0) is 41.0 Å². The van der Waals surface area contributed by atoms with Gasteiger partial charge in [0.2, 0.25) is 11.5 Å². The molecular weight excluding hydrogens is 416 g/mol. The van der Waals surface area contributed by atoms with E-state index in [0.717, 1.165) is 23.0 Å². The molecule has 0 amide bonds. The van der Waals surface area contributed by atoms with Crippen LogP contribution in [0.1, 0.15) is 22.6 Å². The Labute approximate surface area is 187 Å². The number of carbonyl (C=O) groups is 1. The number of fused-ring (bicyclic) bond motifs is 1. The average Bonchev–Trinajstić information content (AvgIpc) is 2.84. The van der Waals surface area contributed by atoms with E-state index >= 15 is 0 Å². The highest BCUT2D eigenvalue weighted by atomic mass is 16.5. The van der Waals surface area contributed by atoms with Gasteiger partial charge in [0.1, 0.15) is 6.29 Å². The predicted octanol–water partition coefficient (Wildman–Crippen LogP) is 3.07. The van der Waals surface area contributed by atoms with Crippen LogP contribution in [0.15, 0.2) is 23.8 Å². The standard InChI is InChI=1S/C24H28O8/c1-27-17-9-14(10-18(28-2)22(17)30-4)20-16(12-26)15(11-25)7-13-8-19(29-3)23(31-5)24(32-6)21(13)20/h7-11,16,20,26H,12H2,1-6H3/t16-,20-/m1/s1. The fourth-order valence-corrected chi connectivity index (χ4v) is 4.33. The van der Waals surface area contributed by atoms with Gasteiger partial charge in [-0.1, -0.05) is 0 Å². The molecule has 3 rings (SSSR count). The molecule has 32 heavy (non-hydrogen) atoms. The lowest BCUT2D eigenvalue weighted by Crippen LogP contribution is -2.26. The van der Waals surface area contributed by atoms with E-state index in [9.17, 15) is 9.90 Å². The SMILES string of the molecule is COc1cc([C@H]2c3c(cc(OC)c(OC)c3OC)C=C(C=O)[C@H]2CO)cc(OC)c1OC. The molecule has 1 aliphatic carbocycles. The van der Waals surface area contributed by atoms with Gasteiger partial charge in [-0.15, -0.1) is 0 Å². The summed E-state index contributed by atoms with van der Waals surface area (Å²) in [6.45, 7) is -0.261. The molecule has 0 radical (unpaired) electrons. The second-order valence-electron chi connectivity index (χ2n) is 7.14. The molecule has 0 saturated heterocycles. The molecule has 2 aromatic rings. The van der Waals surface area contributed by atoms with Crippen molar-refractivity contribution in [1.29, 1.82) is 0 Å². The second kappa shape index (κ2) is 9.82. The lowest BCUT2D eigenvalue weighted by molar-refractivity contribution is -0.105. The number of methoxy groups -OCH3 is 6. The minimum absolute atomic E-state index is 0.261. The first-order valence-corrected chi connectivity index (χ1v) is 9.93. The maximum absolute atomic E-state index is 12.0. The molecule has 2 atom stereocenters. The van der Waals surface area contributed by atoms with Gasteiger partial charge < -0.3 is 33.5 Å². The van der Waals surface area contributed by atoms with Crippen molar-refractivity contribution in [1.82, 2.24) is 0 Å². The zero-order valence-electron chi connectivity index (χ0n) is 19.1. The van der Waals surface area contributed by atoms with Gasteiger partial charge in [0.05, 0.1) is 49.3 Å². The summed E-state index contributed by atoms with van der Waals surface area (Å²) in [6.07, 6.45) is 2.50. The van der Waals surface area contributed by atoms with Crippen LogP contribution in [-0.2, 0) is 4.79 Å². The van der Waals surface area contributed by atoms with E-state index in [0.29, 0.717) is 40.1 Å². The first kappa shape index (κ1) is 23.3. The van der Waals surface area contributed by atoms with Crippen LogP contribution in [0.4, 0.5) is 0 Å². The molecule has 0 aliphatic heterocycles. The molecule has 1 N–H and O–H groups in total. The average molecular weight is 444 g/mol. The number of aliphatic hydroxyl groups excluding tert-OH is 1. The largest absolute Gasteiger partial charge is 0.493 e. The Morgan fingerprint density at radius 2 is 1.31 bits per heavy atom. The Kier molecular flexibility index (Phi) is 7.15. The van der Waals surface area contributed by atoms with Gasteiger partial charge >= 0.3 is 0 Å². The highest BCUT2D eigenvalue weighted by Crippen LogP contribution is 2.53. The number of carbonyl (C=O) groups excluding carboxylic acids is 1. The maximum atomic E-state index is 12.0. The van der Waals surface area contributed by atoms with Gasteiger partial charge in [0, 0.05) is 17.4 Å². The van der Waals surface area contributed by atoms with E-state index in [1.807, 2.05) is 12.1 Å². The van der Waals surface area contributed by atoms with Crippen molar-refractivity contribution in [3.63, 3.8) is 0 Å². The molecule has 1 aliphatic rings. The van der Waals surface area contributed by atoms with E-state index in [1.165, 1.54) is 42.7 Å². The van der Waals surface area contributed by atoms with Gasteiger partial charge in [-0.3, -0.25) is 4.79 Å². The number of hydrogen-bond acceptors (Lipinski definition) is 8. The van der Waals surface area contributed by atoms with Crippen LogP contribution in [0.2, 0.25) is 0 Å². The first-order chi connectivity index (χ1) is 15.5. The third kappa shape index (κ3) is 3.71. The van der Waals surface area contributed by atoms with Crippen molar-refractivity contribution < 1.29 is 38.3 Å². The molecule has 0 unspecified atom stereocenters. The van der Waals surface area contributed by atoms with Crippen molar-refractivity contribution in [2.45, 2.75) is 5.92 Å². The lowest BCUT2D eigenvalue weighted by atomic mass is 9.71. The number of ether oxygens (including phenoxy) is 6. The second-order valence-corrected chi connectivity index (χ2v) is 7.14. The van der Waals surface area contributed by atoms with E-state index < -0.39 is 11.8 Å². The van der Waals surface area contributed by atoms with Gasteiger partial charge in [0.15, 0.2) is 23.0 Å². The van der Waals surface area contributed by atoms with Crippen molar-refractivity contribution in [3.8, 4) is 34.5 Å². The molecule has 2 aromatic carbocycles. The summed E-state index contributed by atoms with van der Waals surface area (Å²) in [6, 6.07) is 5.41. The quantitative estimate of drug-likeness (QED) is 0.590. The van der Waals surface area contributed by atoms with Crippen molar-refractivity contribution >= 4 is 12.4 Å². The number of rotatable bonds is 9. The number of aliphatic hydroxyl groups is 1. The highest BCUT2D eigenvalue weighted by Gasteiger charge is 2.38. The molecule has 172 valence electrons. The summed E-state index contributed by atoms with van der Waals surface area (Å²) in [7, 11) is 9.19. The van der Waals surface area contributed by atoms with Crippen LogP contribution in [0, 0.1) is 5.92 Å². The molecule has 0 fully saturated rings. The van der Waals surface area contributed by atoms with Crippen LogP contribution >= 0.6 is 0 Å². The first-order valence-electron chi connectivity index (χ1n) is 9.93.